The van der Waals surface area contributed by atoms with Gasteiger partial charge in [0.25, 0.3) is 5.91 Å². The highest BCUT2D eigenvalue weighted by molar-refractivity contribution is 7.89. The van der Waals surface area contributed by atoms with Crippen LogP contribution in [0.5, 0.6) is 11.5 Å². The van der Waals surface area contributed by atoms with Gasteiger partial charge in [-0.1, -0.05) is 24.4 Å². The minimum atomic E-state index is -3.66. The van der Waals surface area contributed by atoms with Crippen molar-refractivity contribution in [3.05, 3.63) is 47.0 Å². The van der Waals surface area contributed by atoms with E-state index in [1.807, 2.05) is 0 Å². The van der Waals surface area contributed by atoms with Crippen LogP contribution in [-0.4, -0.2) is 44.9 Å². The molecule has 31 heavy (non-hydrogen) atoms. The molecule has 1 N–H and O–H groups in total. The van der Waals surface area contributed by atoms with Gasteiger partial charge in [0.05, 0.1) is 17.7 Å². The van der Waals surface area contributed by atoms with Crippen molar-refractivity contribution in [2.24, 2.45) is 0 Å². The summed E-state index contributed by atoms with van der Waals surface area (Å²) in [4.78, 5) is 13.0. The van der Waals surface area contributed by atoms with Gasteiger partial charge in [-0.3, -0.25) is 4.79 Å². The first kappa shape index (κ1) is 21.9. The van der Waals surface area contributed by atoms with Gasteiger partial charge < -0.3 is 14.8 Å². The fraction of sp³-hybridized carbons (Fsp3) is 0.409. The number of hydrogen-bond acceptors (Lipinski definition) is 5. The lowest BCUT2D eigenvalue weighted by atomic mass is 10.1. The van der Waals surface area contributed by atoms with E-state index in [2.05, 4.69) is 5.32 Å². The van der Waals surface area contributed by atoms with Crippen LogP contribution in [0.15, 0.2) is 41.3 Å². The number of halogens is 1. The number of nitrogens with one attached hydrogen (secondary N) is 1. The normalized spacial score (nSPS) is 19.2. The lowest BCUT2D eigenvalue weighted by Crippen LogP contribution is -2.33. The summed E-state index contributed by atoms with van der Waals surface area (Å²) < 4.78 is 38.9. The van der Waals surface area contributed by atoms with Crippen molar-refractivity contribution in [2.45, 2.75) is 43.1 Å². The highest BCUT2D eigenvalue weighted by Gasteiger charge is 2.31. The molecule has 0 aromatic heterocycles. The molecule has 2 aromatic rings. The van der Waals surface area contributed by atoms with Crippen LogP contribution in [0.2, 0.25) is 5.02 Å². The molecule has 0 bridgehead atoms. The van der Waals surface area contributed by atoms with E-state index >= 15 is 0 Å². The fourth-order valence-electron chi connectivity index (χ4n) is 3.95. The number of sulfonamides is 1. The quantitative estimate of drug-likeness (QED) is 0.726. The molecule has 9 heteroatoms. The van der Waals surface area contributed by atoms with Crippen LogP contribution in [0.25, 0.3) is 0 Å². The minimum Gasteiger partial charge on any atom is -0.495 e. The average Bonchev–Trinajstić information content (AvgIpc) is 2.97. The van der Waals surface area contributed by atoms with Gasteiger partial charge in [0.2, 0.25) is 10.0 Å². The highest BCUT2D eigenvalue weighted by atomic mass is 35.5. The number of ether oxygens (including phenoxy) is 2. The molecule has 1 saturated heterocycles. The topological polar surface area (TPSA) is 84.9 Å². The minimum absolute atomic E-state index is 0.132. The number of methoxy groups -OCH3 is 1. The first-order valence-corrected chi connectivity index (χ1v) is 12.1. The zero-order chi connectivity index (χ0) is 22.0. The van der Waals surface area contributed by atoms with E-state index in [1.54, 1.807) is 24.3 Å². The molecule has 2 aliphatic rings. The van der Waals surface area contributed by atoms with Crippen molar-refractivity contribution >= 4 is 33.2 Å². The van der Waals surface area contributed by atoms with Crippen molar-refractivity contribution in [3.63, 3.8) is 0 Å². The molecule has 1 amide bonds. The second kappa shape index (κ2) is 9.06. The first-order chi connectivity index (χ1) is 14.9. The molecule has 1 unspecified atom stereocenters. The Morgan fingerprint density at radius 3 is 2.58 bits per heavy atom. The second-order valence-corrected chi connectivity index (χ2v) is 10.1. The molecule has 1 atom stereocenters. The van der Waals surface area contributed by atoms with Crippen molar-refractivity contribution in [1.29, 1.82) is 0 Å². The van der Waals surface area contributed by atoms with Gasteiger partial charge in [-0.25, -0.2) is 8.42 Å². The maximum absolute atomic E-state index is 13.1. The van der Waals surface area contributed by atoms with Crippen LogP contribution >= 0.6 is 11.6 Å². The Balaban J connectivity index is 1.55. The third-order valence-corrected chi connectivity index (χ3v) is 7.75. The number of carbonyl (C=O) groups excluding carboxylic acids is 1. The Hall–Kier alpha value is -2.29. The zero-order valence-electron chi connectivity index (χ0n) is 17.3. The molecule has 0 spiro atoms. The van der Waals surface area contributed by atoms with E-state index in [0.29, 0.717) is 41.7 Å². The Kier molecular flexibility index (Phi) is 6.41. The number of carbonyl (C=O) groups is 1. The molecular formula is C22H25ClN2O5S. The van der Waals surface area contributed by atoms with Crippen molar-refractivity contribution in [3.8, 4) is 11.5 Å². The van der Waals surface area contributed by atoms with Gasteiger partial charge in [0.1, 0.15) is 11.5 Å². The Labute approximate surface area is 187 Å². The van der Waals surface area contributed by atoms with E-state index in [1.165, 1.54) is 23.5 Å². The maximum Gasteiger partial charge on any atom is 0.265 e. The molecule has 2 aliphatic heterocycles. The Bertz CT molecular complexity index is 1080. The molecule has 1 fully saturated rings. The van der Waals surface area contributed by atoms with Crippen molar-refractivity contribution in [1.82, 2.24) is 4.31 Å². The second-order valence-electron chi connectivity index (χ2n) is 7.73. The van der Waals surface area contributed by atoms with Gasteiger partial charge in [0, 0.05) is 24.5 Å². The molecule has 166 valence electrons. The molecule has 2 heterocycles. The van der Waals surface area contributed by atoms with Crippen LogP contribution in [0.1, 0.15) is 31.2 Å². The fourth-order valence-corrected chi connectivity index (χ4v) is 5.69. The number of fused-ring (bicyclic) bond motifs is 1. The van der Waals surface area contributed by atoms with Gasteiger partial charge in [-0.05, 0) is 54.8 Å². The maximum atomic E-state index is 13.1. The third kappa shape index (κ3) is 4.66. The molecule has 4 rings (SSSR count). The molecule has 2 aromatic carbocycles. The number of hydrogen-bond donors (Lipinski definition) is 1. The average molecular weight is 465 g/mol. The van der Waals surface area contributed by atoms with Gasteiger partial charge in [-0.15, -0.1) is 0 Å². The number of anilines is 1. The number of nitrogens with zero attached hydrogens (tertiary/aromatic N) is 1. The summed E-state index contributed by atoms with van der Waals surface area (Å²) in [5, 5.41) is 3.36. The summed E-state index contributed by atoms with van der Waals surface area (Å²) in [6, 6.07) is 9.75. The first-order valence-electron chi connectivity index (χ1n) is 10.3. The Morgan fingerprint density at radius 2 is 1.87 bits per heavy atom. The van der Waals surface area contributed by atoms with Crippen LogP contribution in [0.3, 0.4) is 0 Å². The largest absolute Gasteiger partial charge is 0.495 e. The van der Waals surface area contributed by atoms with E-state index in [0.717, 1.165) is 31.2 Å². The summed E-state index contributed by atoms with van der Waals surface area (Å²) in [6.45, 7) is 1.01. The summed E-state index contributed by atoms with van der Waals surface area (Å²) in [5.41, 5.74) is 1.15. The van der Waals surface area contributed by atoms with Crippen LogP contribution in [-0.2, 0) is 21.2 Å². The number of amides is 1. The molecule has 0 saturated carbocycles. The number of benzene rings is 2. The summed E-state index contributed by atoms with van der Waals surface area (Å²) in [5.74, 6) is 0.616. The molecule has 7 nitrogen and oxygen atoms in total. The van der Waals surface area contributed by atoms with E-state index in [4.69, 9.17) is 21.1 Å². The standard InChI is InChI=1S/C22H25ClN2O5S/c1-29-20-9-7-17(31(27,28)25-10-4-2-3-5-11-25)14-18(20)24-22(26)21-13-15-12-16(23)6-8-19(15)30-21/h6-9,12,14,21H,2-5,10-11,13H2,1H3,(H,24,26). The van der Waals surface area contributed by atoms with Crippen molar-refractivity contribution < 1.29 is 22.7 Å². The van der Waals surface area contributed by atoms with E-state index in [-0.39, 0.29) is 10.8 Å². The van der Waals surface area contributed by atoms with E-state index in [9.17, 15) is 13.2 Å². The predicted octanol–water partition coefficient (Wildman–Crippen LogP) is 3.86. The summed E-state index contributed by atoms with van der Waals surface area (Å²) in [6.07, 6.45) is 3.42. The van der Waals surface area contributed by atoms with Crippen LogP contribution < -0.4 is 14.8 Å². The van der Waals surface area contributed by atoms with Gasteiger partial charge in [0.15, 0.2) is 6.10 Å². The van der Waals surface area contributed by atoms with Crippen molar-refractivity contribution in [2.75, 3.05) is 25.5 Å². The summed E-state index contributed by atoms with van der Waals surface area (Å²) >= 11 is 6.02. The van der Waals surface area contributed by atoms with Gasteiger partial charge >= 0.3 is 0 Å². The third-order valence-electron chi connectivity index (χ3n) is 5.62. The smallest absolute Gasteiger partial charge is 0.265 e. The molecular weight excluding hydrogens is 440 g/mol. The Morgan fingerprint density at radius 1 is 1.13 bits per heavy atom. The molecule has 0 aliphatic carbocycles. The van der Waals surface area contributed by atoms with Crippen LogP contribution in [0, 0.1) is 0 Å². The van der Waals surface area contributed by atoms with Gasteiger partial charge in [-0.2, -0.15) is 4.31 Å². The van der Waals surface area contributed by atoms with E-state index < -0.39 is 16.1 Å². The number of rotatable bonds is 5. The predicted molar refractivity (Wildman–Crippen MR) is 118 cm³/mol. The monoisotopic (exact) mass is 464 g/mol. The lowest BCUT2D eigenvalue weighted by Gasteiger charge is -2.21. The highest BCUT2D eigenvalue weighted by Crippen LogP contribution is 2.33. The summed E-state index contributed by atoms with van der Waals surface area (Å²) in [7, 11) is -2.19. The zero-order valence-corrected chi connectivity index (χ0v) is 18.8. The lowest BCUT2D eigenvalue weighted by molar-refractivity contribution is -0.122. The SMILES string of the molecule is COc1ccc(S(=O)(=O)N2CCCCCC2)cc1NC(=O)C1Cc2cc(Cl)ccc2O1. The van der Waals surface area contributed by atoms with Crippen LogP contribution in [0.4, 0.5) is 5.69 Å². The molecule has 0 radical (unpaired) electrons.